The van der Waals surface area contributed by atoms with Crippen molar-refractivity contribution < 1.29 is 42.9 Å². The van der Waals surface area contributed by atoms with E-state index in [0.717, 1.165) is 0 Å². The largest absolute Gasteiger partial charge is 0.452 e. The summed E-state index contributed by atoms with van der Waals surface area (Å²) in [6, 6.07) is -2.40. The summed E-state index contributed by atoms with van der Waals surface area (Å²) in [5.74, 6) is -5.09. The number of hydrogen-bond donors (Lipinski definition) is 5. The Balaban J connectivity index is 2.73. The van der Waals surface area contributed by atoms with Gasteiger partial charge in [0.25, 0.3) is 11.8 Å². The van der Waals surface area contributed by atoms with Crippen molar-refractivity contribution in [3.05, 3.63) is 0 Å². The summed E-state index contributed by atoms with van der Waals surface area (Å²) in [6.45, 7) is 0.922. The number of guanidine groups is 1. The summed E-state index contributed by atoms with van der Waals surface area (Å²) in [5.41, 5.74) is 5.51. The molecular weight excluding hydrogens is 532 g/mol. The third kappa shape index (κ3) is 11.9. The Morgan fingerprint density at radius 2 is 1.73 bits per heavy atom. The van der Waals surface area contributed by atoms with Crippen molar-refractivity contribution in [2.75, 3.05) is 13.1 Å². The number of nitrogens with one attached hydrogen (secondary N) is 4. The molecule has 0 aromatic rings. The van der Waals surface area contributed by atoms with Crippen molar-refractivity contribution in [3.63, 3.8) is 0 Å². The number of hydroxylamine groups is 2. The number of imide groups is 1. The number of carbonyl (C=O) groups excluding carboxylic acids is 7. The second-order valence-electron chi connectivity index (χ2n) is 7.67. The van der Waals surface area contributed by atoms with Gasteiger partial charge < -0.3 is 36.1 Å². The van der Waals surface area contributed by atoms with Gasteiger partial charge in [-0.2, -0.15) is 0 Å². The maximum Gasteiger partial charge on any atom is 0.355 e. The number of nitrogens with zero attached hydrogens (tertiary/aromatic N) is 2. The molecule has 16 nitrogen and oxygen atoms in total. The van der Waals surface area contributed by atoms with E-state index in [1.165, 1.54) is 6.92 Å². The van der Waals surface area contributed by atoms with Crippen LogP contribution < -0.4 is 26.8 Å². The molecule has 1 aliphatic heterocycles. The summed E-state index contributed by atoms with van der Waals surface area (Å²) in [4.78, 5) is 92.6. The van der Waals surface area contributed by atoms with Crippen LogP contribution in [0.2, 0.25) is 0 Å². The molecule has 0 aromatic carbocycles. The smallest absolute Gasteiger partial charge is 0.355 e. The number of aliphatic imine (C=N–C) groups is 1. The lowest BCUT2D eigenvalue weighted by molar-refractivity contribution is -0.199. The lowest BCUT2D eigenvalue weighted by Crippen LogP contribution is -2.51. The standard InChI is InChI=1S/C19H31N7O9P2/c1-10(27)23-11(3-2-8-21-19(20)25-36)17(32)22-9-13(28)24-12(4-7-16(31)35-37)18(33)34-26-14(29)5-6-15(26)30/h11-12H,2-9,36-37H2,1H3,(H,22,32)(H,23,27)(H,24,28)(H3,20,21,25)/t11-,12?/m0/s1. The second-order valence-corrected chi connectivity index (χ2v) is 8.19. The highest BCUT2D eigenvalue weighted by Crippen LogP contribution is 2.14. The van der Waals surface area contributed by atoms with Crippen LogP contribution in [-0.2, 0) is 42.9 Å². The van der Waals surface area contributed by atoms with Gasteiger partial charge in [-0.15, -0.1) is 5.06 Å². The maximum atomic E-state index is 12.5. The van der Waals surface area contributed by atoms with Gasteiger partial charge in [0.2, 0.25) is 17.7 Å². The van der Waals surface area contributed by atoms with E-state index in [2.05, 4.69) is 39.9 Å². The Morgan fingerprint density at radius 3 is 2.30 bits per heavy atom. The van der Waals surface area contributed by atoms with Gasteiger partial charge in [0.15, 0.2) is 5.96 Å². The molecule has 0 spiro atoms. The summed E-state index contributed by atoms with van der Waals surface area (Å²) < 4.78 is 4.43. The molecule has 1 heterocycles. The van der Waals surface area contributed by atoms with Gasteiger partial charge in [-0.05, 0) is 28.7 Å². The van der Waals surface area contributed by atoms with E-state index in [0.29, 0.717) is 11.5 Å². The van der Waals surface area contributed by atoms with Gasteiger partial charge in [-0.25, -0.2) is 4.79 Å². The van der Waals surface area contributed by atoms with Crippen molar-refractivity contribution in [2.24, 2.45) is 10.7 Å². The van der Waals surface area contributed by atoms with Crippen molar-refractivity contribution in [1.29, 1.82) is 0 Å². The van der Waals surface area contributed by atoms with Gasteiger partial charge in [-0.1, -0.05) is 0 Å². The van der Waals surface area contributed by atoms with Crippen LogP contribution in [0.5, 0.6) is 0 Å². The van der Waals surface area contributed by atoms with Crippen LogP contribution in [0, 0.1) is 0 Å². The van der Waals surface area contributed by atoms with E-state index < -0.39 is 60.1 Å². The lowest BCUT2D eigenvalue weighted by atomic mass is 10.1. The molecule has 37 heavy (non-hydrogen) atoms. The van der Waals surface area contributed by atoms with E-state index in [1.807, 2.05) is 0 Å². The average molecular weight is 563 g/mol. The molecule has 5 amide bonds. The summed E-state index contributed by atoms with van der Waals surface area (Å²) in [6.07, 6.45) is -0.237. The van der Waals surface area contributed by atoms with Gasteiger partial charge in [0.05, 0.1) is 16.0 Å². The maximum absolute atomic E-state index is 12.5. The number of amides is 5. The summed E-state index contributed by atoms with van der Waals surface area (Å²) in [7, 11) is 3.92. The fraction of sp³-hybridized carbons (Fsp3) is 0.579. The zero-order valence-electron chi connectivity index (χ0n) is 20.1. The van der Waals surface area contributed by atoms with E-state index in [4.69, 9.17) is 10.6 Å². The van der Waals surface area contributed by atoms with Crippen LogP contribution in [0.4, 0.5) is 0 Å². The normalized spacial score (nSPS) is 14.9. The highest BCUT2D eigenvalue weighted by Gasteiger charge is 2.35. The zero-order chi connectivity index (χ0) is 28.0. The molecule has 206 valence electrons. The first kappa shape index (κ1) is 31.6. The van der Waals surface area contributed by atoms with Crippen molar-refractivity contribution in [3.8, 4) is 0 Å². The van der Waals surface area contributed by atoms with Crippen LogP contribution in [0.15, 0.2) is 4.99 Å². The molecule has 0 radical (unpaired) electrons. The second kappa shape index (κ2) is 16.4. The fourth-order valence-electron chi connectivity index (χ4n) is 2.97. The van der Waals surface area contributed by atoms with Gasteiger partial charge in [0.1, 0.15) is 12.1 Å². The number of carbonyl (C=O) groups is 7. The quantitative estimate of drug-likeness (QED) is 0.0480. The molecule has 0 aliphatic carbocycles. The summed E-state index contributed by atoms with van der Waals surface area (Å²) in [5, 5.41) is 9.98. The third-order valence-electron chi connectivity index (χ3n) is 4.77. The first-order chi connectivity index (χ1) is 17.5. The predicted molar refractivity (Wildman–Crippen MR) is 133 cm³/mol. The fourth-order valence-corrected chi connectivity index (χ4v) is 3.18. The van der Waals surface area contributed by atoms with Crippen molar-refractivity contribution >= 4 is 66.3 Å². The molecule has 1 fully saturated rings. The minimum absolute atomic E-state index is 0.127. The van der Waals surface area contributed by atoms with Crippen LogP contribution >= 0.6 is 18.9 Å². The Bertz CT molecular complexity index is 916. The first-order valence-corrected chi connectivity index (χ1v) is 12.1. The van der Waals surface area contributed by atoms with Crippen molar-refractivity contribution in [1.82, 2.24) is 26.1 Å². The van der Waals surface area contributed by atoms with E-state index in [1.54, 1.807) is 9.47 Å². The van der Waals surface area contributed by atoms with Crippen LogP contribution in [0.25, 0.3) is 0 Å². The minimum atomic E-state index is -1.44. The van der Waals surface area contributed by atoms with E-state index >= 15 is 0 Å². The molecule has 1 aliphatic rings. The summed E-state index contributed by atoms with van der Waals surface area (Å²) >= 11 is 0. The first-order valence-electron chi connectivity index (χ1n) is 11.1. The Kier molecular flexibility index (Phi) is 14.0. The number of rotatable bonds is 14. The van der Waals surface area contributed by atoms with Gasteiger partial charge >= 0.3 is 11.9 Å². The molecule has 1 rings (SSSR count). The molecule has 4 atom stereocenters. The minimum Gasteiger partial charge on any atom is -0.452 e. The molecule has 3 unspecified atom stereocenters. The number of nitrogens with two attached hydrogens (primary N) is 1. The SMILES string of the molecule is CC(=O)N[C@@H](CCCN=C(N)NP)C(=O)NCC(=O)NC(CCC(=O)OP)C(=O)ON1C(=O)CCC1=O. The molecule has 0 aromatic heterocycles. The van der Waals surface area contributed by atoms with Gasteiger partial charge in [0, 0.05) is 32.7 Å². The Morgan fingerprint density at radius 1 is 1.08 bits per heavy atom. The van der Waals surface area contributed by atoms with E-state index in [-0.39, 0.29) is 44.6 Å². The molecule has 1 saturated heterocycles. The van der Waals surface area contributed by atoms with Crippen LogP contribution in [0.3, 0.4) is 0 Å². The molecule has 0 bridgehead atoms. The van der Waals surface area contributed by atoms with Crippen molar-refractivity contribution in [2.45, 2.75) is 57.5 Å². The Labute approximate surface area is 217 Å². The highest BCUT2D eigenvalue weighted by atomic mass is 31.0. The topological polar surface area (TPSA) is 228 Å². The zero-order valence-corrected chi connectivity index (χ0v) is 22.4. The van der Waals surface area contributed by atoms with Crippen LogP contribution in [0.1, 0.15) is 45.4 Å². The van der Waals surface area contributed by atoms with E-state index in [9.17, 15) is 33.6 Å². The highest BCUT2D eigenvalue weighted by molar-refractivity contribution is 7.15. The average Bonchev–Trinajstić information content (AvgIpc) is 3.17. The monoisotopic (exact) mass is 563 g/mol. The van der Waals surface area contributed by atoms with Crippen LogP contribution in [-0.4, -0.2) is 77.7 Å². The molecule has 18 heteroatoms. The molecule has 0 saturated carbocycles. The molecular formula is C19H31N7O9P2. The molecule has 6 N–H and O–H groups in total. The van der Waals surface area contributed by atoms with Gasteiger partial charge in [-0.3, -0.25) is 33.8 Å². The lowest BCUT2D eigenvalue weighted by Gasteiger charge is -2.21. The number of hydrogen-bond acceptors (Lipinski definition) is 10. The predicted octanol–water partition coefficient (Wildman–Crippen LogP) is -2.71. The Hall–Kier alpha value is -3.38. The third-order valence-corrected chi connectivity index (χ3v) is 5.33.